The van der Waals surface area contributed by atoms with Gasteiger partial charge in [0.1, 0.15) is 5.75 Å². The van der Waals surface area contributed by atoms with Crippen LogP contribution in [0.3, 0.4) is 0 Å². The number of hydrogen-bond acceptors (Lipinski definition) is 6. The van der Waals surface area contributed by atoms with Gasteiger partial charge in [-0.1, -0.05) is 6.92 Å². The Morgan fingerprint density at radius 2 is 1.87 bits per heavy atom. The summed E-state index contributed by atoms with van der Waals surface area (Å²) in [6.45, 7) is 2.81. The van der Waals surface area contributed by atoms with Crippen LogP contribution in [-0.2, 0) is 14.8 Å². The highest BCUT2D eigenvalue weighted by Gasteiger charge is 2.32. The van der Waals surface area contributed by atoms with Crippen LogP contribution < -0.4 is 10.1 Å². The number of rotatable bonds is 4. The molecule has 1 fully saturated rings. The lowest BCUT2D eigenvalue weighted by molar-refractivity contribution is -0.123. The molecule has 1 saturated heterocycles. The van der Waals surface area contributed by atoms with E-state index in [0.717, 1.165) is 0 Å². The number of pyridine rings is 1. The molecule has 0 radical (unpaired) electrons. The fourth-order valence-electron chi connectivity index (χ4n) is 3.52. The van der Waals surface area contributed by atoms with E-state index in [-0.39, 0.29) is 29.8 Å². The van der Waals surface area contributed by atoms with Crippen molar-refractivity contribution in [2.24, 2.45) is 0 Å². The number of nitrogens with zero attached hydrogens (tertiary/aromatic N) is 3. The van der Waals surface area contributed by atoms with Crippen LogP contribution in [0.25, 0.3) is 0 Å². The highest BCUT2D eigenvalue weighted by Crippen LogP contribution is 2.33. The van der Waals surface area contributed by atoms with E-state index in [1.807, 2.05) is 6.92 Å². The third-order valence-electron chi connectivity index (χ3n) is 5.23. The second-order valence-corrected chi connectivity index (χ2v) is 9.03. The zero-order valence-electron chi connectivity index (χ0n) is 16.4. The second-order valence-electron chi connectivity index (χ2n) is 7.09. The summed E-state index contributed by atoms with van der Waals surface area (Å²) in [4.78, 5) is 30.2. The monoisotopic (exact) mass is 430 g/mol. The fourth-order valence-corrected chi connectivity index (χ4v) is 4.97. The van der Waals surface area contributed by atoms with E-state index in [2.05, 4.69) is 10.3 Å². The highest BCUT2D eigenvalue weighted by atomic mass is 32.2. The summed E-state index contributed by atoms with van der Waals surface area (Å²) in [5.41, 5.74) is 0.870. The van der Waals surface area contributed by atoms with Crippen molar-refractivity contribution in [2.75, 3.05) is 31.5 Å². The zero-order chi connectivity index (χ0) is 21.3. The molecule has 9 nitrogen and oxygen atoms in total. The van der Waals surface area contributed by atoms with Crippen molar-refractivity contribution in [3.8, 4) is 5.75 Å². The quantitative estimate of drug-likeness (QED) is 0.784. The summed E-state index contributed by atoms with van der Waals surface area (Å²) in [5.74, 6) is 0.0181. The Hall–Kier alpha value is -2.98. The number of nitrogens with one attached hydrogen (secondary N) is 1. The van der Waals surface area contributed by atoms with Crippen LogP contribution in [0.4, 0.5) is 5.69 Å². The molecule has 0 aliphatic carbocycles. The van der Waals surface area contributed by atoms with E-state index in [0.29, 0.717) is 36.5 Å². The Morgan fingerprint density at radius 1 is 1.17 bits per heavy atom. The summed E-state index contributed by atoms with van der Waals surface area (Å²) >= 11 is 0. The molecule has 158 valence electrons. The summed E-state index contributed by atoms with van der Waals surface area (Å²) in [5, 5.41) is 2.71. The molecule has 0 bridgehead atoms. The molecule has 2 aliphatic heterocycles. The minimum absolute atomic E-state index is 0.0778. The molecule has 4 rings (SSSR count). The van der Waals surface area contributed by atoms with E-state index in [1.54, 1.807) is 35.5 Å². The van der Waals surface area contributed by atoms with Crippen molar-refractivity contribution in [1.82, 2.24) is 14.2 Å². The Bertz CT molecular complexity index is 1070. The third kappa shape index (κ3) is 3.75. The number of amides is 2. The standard InChI is InChI=1S/C20H22N4O5S/c1-2-17-19(25)22-16-13-15(3-4-18(16)29-17)30(27,28)24-11-9-23(10-12-24)20(26)14-5-7-21-8-6-14/h3-8,13,17H,2,9-12H2,1H3,(H,22,25)/t17-/m0/s1. The first-order chi connectivity index (χ1) is 14.4. The maximum absolute atomic E-state index is 13.1. The Kier molecular flexibility index (Phi) is 5.44. The van der Waals surface area contributed by atoms with Gasteiger partial charge in [-0.3, -0.25) is 14.6 Å². The van der Waals surface area contributed by atoms with Crippen LogP contribution in [0.5, 0.6) is 5.75 Å². The summed E-state index contributed by atoms with van der Waals surface area (Å²) in [7, 11) is -3.77. The second kappa shape index (κ2) is 8.04. The number of benzene rings is 1. The lowest BCUT2D eigenvalue weighted by atomic mass is 10.2. The number of fused-ring (bicyclic) bond motifs is 1. The van der Waals surface area contributed by atoms with Crippen LogP contribution in [0, 0.1) is 0 Å². The van der Waals surface area contributed by atoms with Crippen molar-refractivity contribution in [3.05, 3.63) is 48.3 Å². The van der Waals surface area contributed by atoms with Gasteiger partial charge in [-0.05, 0) is 36.8 Å². The van der Waals surface area contributed by atoms with Crippen LogP contribution in [0.15, 0.2) is 47.6 Å². The maximum atomic E-state index is 13.1. The average Bonchev–Trinajstić information content (AvgIpc) is 2.78. The number of ether oxygens (including phenoxy) is 1. The van der Waals surface area contributed by atoms with E-state index < -0.39 is 16.1 Å². The van der Waals surface area contributed by atoms with Gasteiger partial charge in [0.15, 0.2) is 6.10 Å². The number of hydrogen-bond donors (Lipinski definition) is 1. The molecule has 10 heteroatoms. The van der Waals surface area contributed by atoms with Crippen molar-refractivity contribution < 1.29 is 22.7 Å². The SMILES string of the molecule is CC[C@@H]1Oc2ccc(S(=O)(=O)N3CCN(C(=O)c4ccncc4)CC3)cc2NC1=O. The minimum atomic E-state index is -3.77. The predicted octanol–water partition coefficient (Wildman–Crippen LogP) is 1.34. The van der Waals surface area contributed by atoms with Gasteiger partial charge in [0.05, 0.1) is 10.6 Å². The summed E-state index contributed by atoms with van der Waals surface area (Å²) in [6.07, 6.45) is 3.05. The maximum Gasteiger partial charge on any atom is 0.265 e. The number of carbonyl (C=O) groups excluding carboxylic acids is 2. The van der Waals surface area contributed by atoms with Gasteiger partial charge in [-0.25, -0.2) is 8.42 Å². The van der Waals surface area contributed by atoms with Gasteiger partial charge in [-0.2, -0.15) is 4.31 Å². The predicted molar refractivity (Wildman–Crippen MR) is 109 cm³/mol. The first-order valence-electron chi connectivity index (χ1n) is 9.71. The third-order valence-corrected chi connectivity index (χ3v) is 7.13. The largest absolute Gasteiger partial charge is 0.478 e. The minimum Gasteiger partial charge on any atom is -0.478 e. The lowest BCUT2D eigenvalue weighted by Gasteiger charge is -2.34. The highest BCUT2D eigenvalue weighted by molar-refractivity contribution is 7.89. The number of aromatic nitrogens is 1. The number of sulfonamides is 1. The molecule has 2 aromatic rings. The van der Waals surface area contributed by atoms with E-state index >= 15 is 0 Å². The fraction of sp³-hybridized carbons (Fsp3) is 0.350. The molecule has 2 amide bonds. The zero-order valence-corrected chi connectivity index (χ0v) is 17.3. The van der Waals surface area contributed by atoms with Gasteiger partial charge in [-0.15, -0.1) is 0 Å². The van der Waals surface area contributed by atoms with E-state index in [4.69, 9.17) is 4.74 Å². The van der Waals surface area contributed by atoms with Gasteiger partial charge < -0.3 is 15.0 Å². The van der Waals surface area contributed by atoms with E-state index in [1.165, 1.54) is 16.4 Å². The average molecular weight is 430 g/mol. The first-order valence-corrected chi connectivity index (χ1v) is 11.1. The molecule has 1 aromatic carbocycles. The topological polar surface area (TPSA) is 109 Å². The Balaban J connectivity index is 1.47. The normalized spacial score (nSPS) is 19.6. The molecule has 3 heterocycles. The van der Waals surface area contributed by atoms with E-state index in [9.17, 15) is 18.0 Å². The summed E-state index contributed by atoms with van der Waals surface area (Å²) < 4.78 is 33.1. The molecular weight excluding hydrogens is 408 g/mol. The van der Waals surface area contributed by atoms with Crippen LogP contribution >= 0.6 is 0 Å². The molecular formula is C20H22N4O5S. The number of carbonyl (C=O) groups is 2. The Labute approximate surface area is 174 Å². The van der Waals surface area contributed by atoms with Crippen LogP contribution in [0.1, 0.15) is 23.7 Å². The first kappa shape index (κ1) is 20.3. The molecule has 1 aromatic heterocycles. The van der Waals surface area contributed by atoms with Crippen molar-refractivity contribution >= 4 is 27.5 Å². The molecule has 30 heavy (non-hydrogen) atoms. The van der Waals surface area contributed by atoms with Gasteiger partial charge in [0, 0.05) is 44.1 Å². The molecule has 0 saturated carbocycles. The molecule has 1 N–H and O–H groups in total. The summed E-state index contributed by atoms with van der Waals surface area (Å²) in [6, 6.07) is 7.74. The lowest BCUT2D eigenvalue weighted by Crippen LogP contribution is -2.50. The molecule has 1 atom stereocenters. The van der Waals surface area contributed by atoms with Crippen LogP contribution in [-0.4, -0.2) is 66.7 Å². The smallest absolute Gasteiger partial charge is 0.265 e. The van der Waals surface area contributed by atoms with Gasteiger partial charge in [0.25, 0.3) is 11.8 Å². The van der Waals surface area contributed by atoms with Crippen molar-refractivity contribution in [1.29, 1.82) is 0 Å². The molecule has 0 unspecified atom stereocenters. The van der Waals surface area contributed by atoms with Crippen molar-refractivity contribution in [2.45, 2.75) is 24.3 Å². The Morgan fingerprint density at radius 3 is 2.53 bits per heavy atom. The molecule has 2 aliphatic rings. The number of anilines is 1. The van der Waals surface area contributed by atoms with Crippen molar-refractivity contribution in [3.63, 3.8) is 0 Å². The molecule has 0 spiro atoms. The van der Waals surface area contributed by atoms with Gasteiger partial charge in [0.2, 0.25) is 10.0 Å². The van der Waals surface area contributed by atoms with Crippen LogP contribution in [0.2, 0.25) is 0 Å². The van der Waals surface area contributed by atoms with Gasteiger partial charge >= 0.3 is 0 Å². The number of piperazine rings is 1.